The number of thioether (sulfide) groups is 1. The van der Waals surface area contributed by atoms with Gasteiger partial charge >= 0.3 is 0 Å². The van der Waals surface area contributed by atoms with Gasteiger partial charge in [0.15, 0.2) is 0 Å². The first kappa shape index (κ1) is 12.2. The minimum absolute atomic E-state index is 0.572. The monoisotopic (exact) mass is 228 g/mol. The third-order valence-electron chi connectivity index (χ3n) is 2.18. The van der Waals surface area contributed by atoms with Crippen molar-refractivity contribution in [3.05, 3.63) is 17.7 Å². The SMILES string of the molecule is COc1ccc(OC)c(C(C)O)c1SC. The maximum Gasteiger partial charge on any atom is 0.133 e. The maximum absolute atomic E-state index is 9.72. The minimum atomic E-state index is -0.572. The van der Waals surface area contributed by atoms with E-state index < -0.39 is 6.10 Å². The number of ether oxygens (including phenoxy) is 2. The van der Waals surface area contributed by atoms with Gasteiger partial charge in [-0.15, -0.1) is 11.8 Å². The van der Waals surface area contributed by atoms with Crippen LogP contribution in [0.25, 0.3) is 0 Å². The highest BCUT2D eigenvalue weighted by Gasteiger charge is 2.17. The maximum atomic E-state index is 9.72. The van der Waals surface area contributed by atoms with Crippen LogP contribution in [-0.2, 0) is 0 Å². The zero-order valence-electron chi connectivity index (χ0n) is 9.40. The number of aliphatic hydroxyl groups is 1. The lowest BCUT2D eigenvalue weighted by molar-refractivity contribution is 0.190. The number of methoxy groups -OCH3 is 2. The zero-order valence-corrected chi connectivity index (χ0v) is 10.2. The Morgan fingerprint density at radius 2 is 1.73 bits per heavy atom. The molecule has 0 amide bonds. The molecule has 0 fully saturated rings. The van der Waals surface area contributed by atoms with Crippen molar-refractivity contribution >= 4 is 11.8 Å². The molecule has 1 aromatic rings. The number of rotatable bonds is 4. The van der Waals surface area contributed by atoms with E-state index in [0.29, 0.717) is 5.75 Å². The van der Waals surface area contributed by atoms with Crippen LogP contribution in [0.15, 0.2) is 17.0 Å². The largest absolute Gasteiger partial charge is 0.496 e. The lowest BCUT2D eigenvalue weighted by atomic mass is 10.1. The average Bonchev–Trinajstić information content (AvgIpc) is 2.26. The Labute approximate surface area is 94.4 Å². The molecular formula is C11H16O3S. The van der Waals surface area contributed by atoms with Crippen LogP contribution in [0, 0.1) is 0 Å². The molecule has 0 aromatic heterocycles. The predicted molar refractivity (Wildman–Crippen MR) is 62.0 cm³/mol. The van der Waals surface area contributed by atoms with Crippen LogP contribution >= 0.6 is 11.8 Å². The Morgan fingerprint density at radius 3 is 2.13 bits per heavy atom. The molecular weight excluding hydrogens is 212 g/mol. The molecule has 1 N–H and O–H groups in total. The highest BCUT2D eigenvalue weighted by atomic mass is 32.2. The van der Waals surface area contributed by atoms with Gasteiger partial charge in [0, 0.05) is 5.56 Å². The first-order chi connectivity index (χ1) is 7.15. The smallest absolute Gasteiger partial charge is 0.133 e. The van der Waals surface area contributed by atoms with Crippen molar-refractivity contribution in [2.45, 2.75) is 17.9 Å². The third-order valence-corrected chi connectivity index (χ3v) is 3.01. The zero-order chi connectivity index (χ0) is 11.4. The highest BCUT2D eigenvalue weighted by molar-refractivity contribution is 7.98. The molecule has 1 unspecified atom stereocenters. The van der Waals surface area contributed by atoms with Crippen molar-refractivity contribution in [2.24, 2.45) is 0 Å². The molecule has 1 rings (SSSR count). The van der Waals surface area contributed by atoms with Crippen LogP contribution in [0.2, 0.25) is 0 Å². The Kier molecular flexibility index (Phi) is 4.29. The van der Waals surface area contributed by atoms with Gasteiger partial charge in [0.2, 0.25) is 0 Å². The summed E-state index contributed by atoms with van der Waals surface area (Å²) >= 11 is 1.54. The van der Waals surface area contributed by atoms with Gasteiger partial charge in [-0.25, -0.2) is 0 Å². The second kappa shape index (κ2) is 5.28. The predicted octanol–water partition coefficient (Wildman–Crippen LogP) is 2.48. The summed E-state index contributed by atoms with van der Waals surface area (Å²) in [6, 6.07) is 3.65. The molecule has 84 valence electrons. The molecule has 0 saturated carbocycles. The number of hydrogen-bond donors (Lipinski definition) is 1. The van der Waals surface area contributed by atoms with E-state index in [0.717, 1.165) is 16.2 Å². The summed E-state index contributed by atoms with van der Waals surface area (Å²) in [5.74, 6) is 1.45. The van der Waals surface area contributed by atoms with Gasteiger partial charge in [-0.2, -0.15) is 0 Å². The summed E-state index contributed by atoms with van der Waals surface area (Å²) < 4.78 is 10.5. The summed E-state index contributed by atoms with van der Waals surface area (Å²) in [5, 5.41) is 9.72. The van der Waals surface area contributed by atoms with E-state index in [1.807, 2.05) is 12.3 Å². The van der Waals surface area contributed by atoms with E-state index in [-0.39, 0.29) is 0 Å². The highest BCUT2D eigenvalue weighted by Crippen LogP contribution is 2.40. The van der Waals surface area contributed by atoms with Crippen LogP contribution in [-0.4, -0.2) is 25.6 Å². The number of aliphatic hydroxyl groups excluding tert-OH is 1. The standard InChI is InChI=1S/C11H16O3S/c1-7(12)10-8(13-2)5-6-9(14-3)11(10)15-4/h5-7,12H,1-4H3. The van der Waals surface area contributed by atoms with Gasteiger partial charge in [0.25, 0.3) is 0 Å². The van der Waals surface area contributed by atoms with Crippen molar-refractivity contribution in [1.29, 1.82) is 0 Å². The van der Waals surface area contributed by atoms with Crippen LogP contribution in [0.3, 0.4) is 0 Å². The molecule has 0 aliphatic carbocycles. The molecule has 15 heavy (non-hydrogen) atoms. The van der Waals surface area contributed by atoms with E-state index >= 15 is 0 Å². The molecule has 0 aliphatic heterocycles. The first-order valence-corrected chi connectivity index (χ1v) is 5.85. The summed E-state index contributed by atoms with van der Waals surface area (Å²) in [6.45, 7) is 1.72. The van der Waals surface area contributed by atoms with Crippen LogP contribution in [0.5, 0.6) is 11.5 Å². The van der Waals surface area contributed by atoms with Gasteiger partial charge in [-0.3, -0.25) is 0 Å². The summed E-state index contributed by atoms with van der Waals surface area (Å²) in [5.41, 5.74) is 0.782. The van der Waals surface area contributed by atoms with Crippen molar-refractivity contribution in [2.75, 3.05) is 20.5 Å². The van der Waals surface area contributed by atoms with Crippen molar-refractivity contribution in [3.63, 3.8) is 0 Å². The fourth-order valence-electron chi connectivity index (χ4n) is 1.51. The van der Waals surface area contributed by atoms with Gasteiger partial charge in [0.05, 0.1) is 25.2 Å². The molecule has 0 spiro atoms. The van der Waals surface area contributed by atoms with Gasteiger partial charge < -0.3 is 14.6 Å². The summed E-state index contributed by atoms with van der Waals surface area (Å²) in [4.78, 5) is 0.923. The molecule has 1 aromatic carbocycles. The van der Waals surface area contributed by atoms with Crippen molar-refractivity contribution in [3.8, 4) is 11.5 Å². The van der Waals surface area contributed by atoms with Gasteiger partial charge in [-0.05, 0) is 25.3 Å². The summed E-state index contributed by atoms with van der Waals surface area (Å²) in [7, 11) is 3.21. The van der Waals surface area contributed by atoms with Crippen molar-refractivity contribution in [1.82, 2.24) is 0 Å². The lowest BCUT2D eigenvalue weighted by Gasteiger charge is -2.17. The molecule has 0 radical (unpaired) electrons. The Morgan fingerprint density at radius 1 is 1.20 bits per heavy atom. The van der Waals surface area contributed by atoms with E-state index in [2.05, 4.69) is 0 Å². The fourth-order valence-corrected chi connectivity index (χ4v) is 2.35. The van der Waals surface area contributed by atoms with Crippen molar-refractivity contribution < 1.29 is 14.6 Å². The summed E-state index contributed by atoms with van der Waals surface area (Å²) in [6.07, 6.45) is 1.38. The second-order valence-electron chi connectivity index (χ2n) is 3.09. The van der Waals surface area contributed by atoms with E-state index in [1.165, 1.54) is 11.8 Å². The Balaban J connectivity index is 3.37. The molecule has 3 nitrogen and oxygen atoms in total. The molecule has 4 heteroatoms. The first-order valence-electron chi connectivity index (χ1n) is 4.62. The number of benzene rings is 1. The quantitative estimate of drug-likeness (QED) is 0.803. The van der Waals surface area contributed by atoms with E-state index in [4.69, 9.17) is 9.47 Å². The minimum Gasteiger partial charge on any atom is -0.496 e. The van der Waals surface area contributed by atoms with E-state index in [1.54, 1.807) is 27.2 Å². The second-order valence-corrected chi connectivity index (χ2v) is 3.91. The Hall–Kier alpha value is -0.870. The van der Waals surface area contributed by atoms with Crippen LogP contribution in [0.4, 0.5) is 0 Å². The van der Waals surface area contributed by atoms with Gasteiger partial charge in [-0.1, -0.05) is 0 Å². The molecule has 0 saturated heterocycles. The molecule has 0 bridgehead atoms. The Bertz CT molecular complexity index is 337. The lowest BCUT2D eigenvalue weighted by Crippen LogP contribution is -2.00. The molecule has 0 heterocycles. The van der Waals surface area contributed by atoms with Crippen LogP contribution in [0.1, 0.15) is 18.6 Å². The van der Waals surface area contributed by atoms with Gasteiger partial charge in [0.1, 0.15) is 11.5 Å². The fraction of sp³-hybridized carbons (Fsp3) is 0.455. The molecule has 0 aliphatic rings. The van der Waals surface area contributed by atoms with E-state index in [9.17, 15) is 5.11 Å². The topological polar surface area (TPSA) is 38.7 Å². The normalized spacial score (nSPS) is 12.3. The van der Waals surface area contributed by atoms with Crippen LogP contribution < -0.4 is 9.47 Å². The average molecular weight is 228 g/mol. The molecule has 1 atom stereocenters. The number of hydrogen-bond acceptors (Lipinski definition) is 4. The third kappa shape index (κ3) is 2.38.